The molecule has 0 aliphatic heterocycles. The number of para-hydroxylation sites is 1. The standard InChI is InChI=1S/C25H22N2O2S/c1-27(19-12-4-2-5-13-19)25-22-17-9-11-18-10-8-16-21(23(18)22)24(25)26-30(28,29)20-14-6-3-7-15-20/h2-17,24-26H,1H3/t24-,25-/m0/s1. The molecule has 0 fully saturated rings. The van der Waals surface area contributed by atoms with Crippen molar-refractivity contribution in [1.29, 1.82) is 0 Å². The van der Waals surface area contributed by atoms with Crippen LogP contribution in [0.15, 0.2) is 102 Å². The van der Waals surface area contributed by atoms with Crippen LogP contribution in [-0.2, 0) is 10.0 Å². The molecule has 2 atom stereocenters. The lowest BCUT2D eigenvalue weighted by atomic mass is 10.0. The van der Waals surface area contributed by atoms with Gasteiger partial charge in [0.15, 0.2) is 0 Å². The molecule has 4 nitrogen and oxygen atoms in total. The van der Waals surface area contributed by atoms with Crippen LogP contribution < -0.4 is 9.62 Å². The van der Waals surface area contributed by atoms with E-state index in [2.05, 4.69) is 27.8 Å². The summed E-state index contributed by atoms with van der Waals surface area (Å²) in [5, 5.41) is 2.26. The zero-order chi connectivity index (χ0) is 20.7. The van der Waals surface area contributed by atoms with Crippen LogP contribution in [0.3, 0.4) is 0 Å². The second-order valence-corrected chi connectivity index (χ2v) is 9.31. The molecule has 0 amide bonds. The quantitative estimate of drug-likeness (QED) is 0.497. The molecule has 0 spiro atoms. The molecule has 4 aromatic carbocycles. The minimum absolute atomic E-state index is 0.160. The molecule has 1 aliphatic rings. The van der Waals surface area contributed by atoms with Crippen molar-refractivity contribution in [2.45, 2.75) is 17.0 Å². The SMILES string of the molecule is CN(c1ccccc1)[C@H]1c2cccc3cccc(c23)[C@@H]1NS(=O)(=O)c1ccccc1. The van der Waals surface area contributed by atoms with Gasteiger partial charge in [0.1, 0.15) is 0 Å². The van der Waals surface area contributed by atoms with Crippen molar-refractivity contribution in [2.75, 3.05) is 11.9 Å². The Kier molecular flexibility index (Phi) is 4.57. The fraction of sp³-hybridized carbons (Fsp3) is 0.120. The molecule has 30 heavy (non-hydrogen) atoms. The molecule has 5 rings (SSSR count). The highest BCUT2D eigenvalue weighted by Crippen LogP contribution is 2.48. The van der Waals surface area contributed by atoms with Gasteiger partial charge in [0.05, 0.1) is 17.0 Å². The van der Waals surface area contributed by atoms with Gasteiger partial charge in [-0.1, -0.05) is 72.8 Å². The largest absolute Gasteiger partial charge is 0.366 e. The van der Waals surface area contributed by atoms with E-state index < -0.39 is 16.1 Å². The summed E-state index contributed by atoms with van der Waals surface area (Å²) in [6, 6.07) is 30.4. The van der Waals surface area contributed by atoms with Gasteiger partial charge in [-0.2, -0.15) is 0 Å². The molecular formula is C25H22N2O2S. The summed E-state index contributed by atoms with van der Waals surface area (Å²) in [6.07, 6.45) is 0. The Morgan fingerprint density at radius 2 is 1.33 bits per heavy atom. The first kappa shape index (κ1) is 18.9. The van der Waals surface area contributed by atoms with E-state index in [0.717, 1.165) is 27.6 Å². The second kappa shape index (κ2) is 7.27. The van der Waals surface area contributed by atoms with Gasteiger partial charge in [-0.15, -0.1) is 0 Å². The second-order valence-electron chi connectivity index (χ2n) is 7.60. The van der Waals surface area contributed by atoms with Gasteiger partial charge >= 0.3 is 0 Å². The number of benzene rings is 4. The Morgan fingerprint density at radius 1 is 0.733 bits per heavy atom. The number of rotatable bonds is 5. The van der Waals surface area contributed by atoms with Crippen molar-refractivity contribution in [3.63, 3.8) is 0 Å². The number of hydrogen-bond acceptors (Lipinski definition) is 3. The molecule has 5 heteroatoms. The van der Waals surface area contributed by atoms with Crippen molar-refractivity contribution in [2.24, 2.45) is 0 Å². The highest BCUT2D eigenvalue weighted by Gasteiger charge is 2.39. The smallest absolute Gasteiger partial charge is 0.241 e. The third-order valence-electron chi connectivity index (χ3n) is 5.85. The first-order chi connectivity index (χ1) is 14.6. The van der Waals surface area contributed by atoms with E-state index in [1.54, 1.807) is 24.3 Å². The zero-order valence-corrected chi connectivity index (χ0v) is 17.4. The Balaban J connectivity index is 1.65. The highest BCUT2D eigenvalue weighted by molar-refractivity contribution is 7.89. The normalized spacial score (nSPS) is 17.9. The van der Waals surface area contributed by atoms with Gasteiger partial charge in [-0.3, -0.25) is 0 Å². The van der Waals surface area contributed by atoms with Crippen LogP contribution in [0, 0.1) is 0 Å². The first-order valence-corrected chi connectivity index (χ1v) is 11.4. The van der Waals surface area contributed by atoms with Crippen LogP contribution in [0.1, 0.15) is 23.2 Å². The minimum atomic E-state index is -3.68. The van der Waals surface area contributed by atoms with E-state index in [9.17, 15) is 8.42 Å². The molecule has 0 unspecified atom stereocenters. The van der Waals surface area contributed by atoms with E-state index in [-0.39, 0.29) is 10.9 Å². The molecule has 0 heterocycles. The van der Waals surface area contributed by atoms with E-state index in [0.29, 0.717) is 0 Å². The summed E-state index contributed by atoms with van der Waals surface area (Å²) in [4.78, 5) is 2.43. The lowest BCUT2D eigenvalue weighted by molar-refractivity contribution is 0.505. The monoisotopic (exact) mass is 414 g/mol. The van der Waals surface area contributed by atoms with Crippen LogP contribution in [0.4, 0.5) is 5.69 Å². The molecule has 1 aliphatic carbocycles. The fourth-order valence-corrected chi connectivity index (χ4v) is 5.72. The van der Waals surface area contributed by atoms with E-state index in [1.165, 1.54) is 0 Å². The molecule has 0 saturated carbocycles. The molecule has 0 saturated heterocycles. The average molecular weight is 415 g/mol. The van der Waals surface area contributed by atoms with Crippen LogP contribution in [0.2, 0.25) is 0 Å². The lowest BCUT2D eigenvalue weighted by Crippen LogP contribution is -2.37. The van der Waals surface area contributed by atoms with Crippen molar-refractivity contribution < 1.29 is 8.42 Å². The van der Waals surface area contributed by atoms with Crippen LogP contribution in [0.25, 0.3) is 10.8 Å². The Hall–Kier alpha value is -3.15. The zero-order valence-electron chi connectivity index (χ0n) is 16.6. The maximum absolute atomic E-state index is 13.2. The summed E-state index contributed by atoms with van der Waals surface area (Å²) >= 11 is 0. The molecule has 1 N–H and O–H groups in total. The summed E-state index contributed by atoms with van der Waals surface area (Å²) in [5.41, 5.74) is 3.18. The number of nitrogens with one attached hydrogen (secondary N) is 1. The fourth-order valence-electron chi connectivity index (χ4n) is 4.47. The average Bonchev–Trinajstić information content (AvgIpc) is 3.09. The van der Waals surface area contributed by atoms with Gasteiger partial charge in [0.2, 0.25) is 10.0 Å². The molecule has 4 aromatic rings. The topological polar surface area (TPSA) is 49.4 Å². The third kappa shape index (κ3) is 3.07. The van der Waals surface area contributed by atoms with Gasteiger partial charge in [0.25, 0.3) is 0 Å². The van der Waals surface area contributed by atoms with E-state index in [4.69, 9.17) is 0 Å². The maximum Gasteiger partial charge on any atom is 0.241 e. The van der Waals surface area contributed by atoms with Crippen LogP contribution >= 0.6 is 0 Å². The van der Waals surface area contributed by atoms with Crippen LogP contribution in [-0.4, -0.2) is 15.5 Å². The van der Waals surface area contributed by atoms with Gasteiger partial charge in [-0.25, -0.2) is 13.1 Å². The van der Waals surface area contributed by atoms with E-state index in [1.807, 2.05) is 61.6 Å². The predicted octanol–water partition coefficient (Wildman–Crippen LogP) is 5.05. The third-order valence-corrected chi connectivity index (χ3v) is 7.31. The summed E-state index contributed by atoms with van der Waals surface area (Å²) in [6.45, 7) is 0. The van der Waals surface area contributed by atoms with E-state index >= 15 is 0 Å². The van der Waals surface area contributed by atoms with Gasteiger partial charge in [-0.05, 0) is 46.2 Å². The molecule has 0 radical (unpaired) electrons. The highest BCUT2D eigenvalue weighted by atomic mass is 32.2. The summed E-state index contributed by atoms with van der Waals surface area (Å²) in [5.74, 6) is 0. The van der Waals surface area contributed by atoms with Crippen molar-refractivity contribution in [3.8, 4) is 0 Å². The van der Waals surface area contributed by atoms with Gasteiger partial charge in [0, 0.05) is 12.7 Å². The Bertz CT molecular complexity index is 1300. The predicted molar refractivity (Wildman–Crippen MR) is 121 cm³/mol. The van der Waals surface area contributed by atoms with Crippen molar-refractivity contribution in [1.82, 2.24) is 4.72 Å². The van der Waals surface area contributed by atoms with Crippen molar-refractivity contribution >= 4 is 26.5 Å². The molecule has 0 bridgehead atoms. The summed E-state index contributed by atoms with van der Waals surface area (Å²) in [7, 11) is -1.66. The number of hydrogen-bond donors (Lipinski definition) is 1. The number of anilines is 1. The minimum Gasteiger partial charge on any atom is -0.366 e. The Labute approximate surface area is 176 Å². The number of sulfonamides is 1. The number of nitrogens with zero attached hydrogens (tertiary/aromatic N) is 1. The number of likely N-dealkylation sites (N-methyl/N-ethyl adjacent to an activating group) is 1. The maximum atomic E-state index is 13.2. The lowest BCUT2D eigenvalue weighted by Gasteiger charge is -2.33. The molecule has 0 aromatic heterocycles. The molecular weight excluding hydrogens is 392 g/mol. The molecule has 150 valence electrons. The van der Waals surface area contributed by atoms with Gasteiger partial charge < -0.3 is 4.90 Å². The van der Waals surface area contributed by atoms with Crippen molar-refractivity contribution in [3.05, 3.63) is 108 Å². The van der Waals surface area contributed by atoms with Crippen LogP contribution in [0.5, 0.6) is 0 Å². The first-order valence-electron chi connectivity index (χ1n) is 9.93. The Morgan fingerprint density at radius 3 is 2.00 bits per heavy atom. The summed E-state index contributed by atoms with van der Waals surface area (Å²) < 4.78 is 29.5.